The Bertz CT molecular complexity index is 594. The van der Waals surface area contributed by atoms with E-state index in [-0.39, 0.29) is 10.6 Å². The van der Waals surface area contributed by atoms with Crippen molar-refractivity contribution in [2.45, 2.75) is 13.5 Å². The van der Waals surface area contributed by atoms with Crippen LogP contribution in [0.2, 0.25) is 0 Å². The van der Waals surface area contributed by atoms with Crippen LogP contribution >= 0.6 is 0 Å². The van der Waals surface area contributed by atoms with E-state index in [1.807, 2.05) is 0 Å². The molecule has 0 unspecified atom stereocenters. The van der Waals surface area contributed by atoms with Gasteiger partial charge >= 0.3 is 0 Å². The minimum absolute atomic E-state index is 0.0640. The standard InChI is InChI=1S/C12H14N4O3/c1-9-4-3-5-10(11(9)16(17)18)12-14-13-8-15(12)6-7-19-2/h3-5,8H,6-7H2,1-2H3. The van der Waals surface area contributed by atoms with Crippen molar-refractivity contribution in [2.24, 2.45) is 0 Å². The van der Waals surface area contributed by atoms with Gasteiger partial charge in [-0.2, -0.15) is 0 Å². The van der Waals surface area contributed by atoms with Crippen molar-refractivity contribution in [3.05, 3.63) is 40.2 Å². The molecule has 19 heavy (non-hydrogen) atoms. The van der Waals surface area contributed by atoms with Crippen LogP contribution in [0.1, 0.15) is 5.56 Å². The zero-order valence-electron chi connectivity index (χ0n) is 10.7. The largest absolute Gasteiger partial charge is 0.383 e. The first-order chi connectivity index (χ1) is 9.15. The van der Waals surface area contributed by atoms with Crippen molar-refractivity contribution in [3.63, 3.8) is 0 Å². The molecule has 2 rings (SSSR count). The summed E-state index contributed by atoms with van der Waals surface area (Å²) in [6.07, 6.45) is 1.54. The molecule has 0 N–H and O–H groups in total. The highest BCUT2D eigenvalue weighted by Gasteiger charge is 2.21. The number of methoxy groups -OCH3 is 1. The van der Waals surface area contributed by atoms with Crippen LogP contribution in [0.4, 0.5) is 5.69 Å². The predicted molar refractivity (Wildman–Crippen MR) is 68.7 cm³/mol. The van der Waals surface area contributed by atoms with E-state index >= 15 is 0 Å². The van der Waals surface area contributed by atoms with Gasteiger partial charge in [-0.3, -0.25) is 10.1 Å². The molecule has 0 saturated heterocycles. The lowest BCUT2D eigenvalue weighted by molar-refractivity contribution is -0.384. The number of ether oxygens (including phenoxy) is 1. The smallest absolute Gasteiger partial charge is 0.283 e. The number of hydrogen-bond acceptors (Lipinski definition) is 5. The number of aromatic nitrogens is 3. The number of nitro benzene ring substituents is 1. The summed E-state index contributed by atoms with van der Waals surface area (Å²) in [4.78, 5) is 10.8. The van der Waals surface area contributed by atoms with Crippen LogP contribution in [0.3, 0.4) is 0 Å². The number of hydrogen-bond donors (Lipinski definition) is 0. The van der Waals surface area contributed by atoms with Gasteiger partial charge in [-0.05, 0) is 13.0 Å². The van der Waals surface area contributed by atoms with Crippen molar-refractivity contribution >= 4 is 5.69 Å². The maximum Gasteiger partial charge on any atom is 0.283 e. The Balaban J connectivity index is 2.50. The summed E-state index contributed by atoms with van der Waals surface area (Å²) in [7, 11) is 1.60. The second-order valence-electron chi connectivity index (χ2n) is 4.07. The number of benzene rings is 1. The third-order valence-corrected chi connectivity index (χ3v) is 2.81. The fraction of sp³-hybridized carbons (Fsp3) is 0.333. The lowest BCUT2D eigenvalue weighted by Gasteiger charge is -2.07. The van der Waals surface area contributed by atoms with E-state index in [1.165, 1.54) is 0 Å². The van der Waals surface area contributed by atoms with Crippen molar-refractivity contribution in [1.29, 1.82) is 0 Å². The zero-order chi connectivity index (χ0) is 13.8. The molecule has 1 aromatic heterocycles. The average Bonchev–Trinajstić information content (AvgIpc) is 2.83. The van der Waals surface area contributed by atoms with E-state index in [0.717, 1.165) is 0 Å². The molecule has 2 aromatic rings. The van der Waals surface area contributed by atoms with Gasteiger partial charge in [0.25, 0.3) is 5.69 Å². The van der Waals surface area contributed by atoms with Gasteiger partial charge in [-0.25, -0.2) is 0 Å². The molecule has 0 spiro atoms. The van der Waals surface area contributed by atoms with E-state index in [1.54, 1.807) is 43.1 Å². The van der Waals surface area contributed by atoms with Gasteiger partial charge in [0, 0.05) is 19.2 Å². The molecule has 0 aliphatic carbocycles. The van der Waals surface area contributed by atoms with Gasteiger partial charge in [-0.15, -0.1) is 10.2 Å². The monoisotopic (exact) mass is 262 g/mol. The van der Waals surface area contributed by atoms with Crippen molar-refractivity contribution < 1.29 is 9.66 Å². The number of nitrogens with zero attached hydrogens (tertiary/aromatic N) is 4. The summed E-state index contributed by atoms with van der Waals surface area (Å²) >= 11 is 0. The Morgan fingerprint density at radius 2 is 2.26 bits per heavy atom. The highest BCUT2D eigenvalue weighted by atomic mass is 16.6. The molecule has 0 saturated carbocycles. The fourth-order valence-corrected chi connectivity index (χ4v) is 1.90. The second-order valence-corrected chi connectivity index (χ2v) is 4.07. The fourth-order valence-electron chi connectivity index (χ4n) is 1.90. The van der Waals surface area contributed by atoms with E-state index in [2.05, 4.69) is 10.2 Å². The van der Waals surface area contributed by atoms with Crippen LogP contribution in [-0.4, -0.2) is 33.4 Å². The van der Waals surface area contributed by atoms with E-state index < -0.39 is 0 Å². The number of nitro groups is 1. The Kier molecular flexibility index (Phi) is 3.86. The third-order valence-electron chi connectivity index (χ3n) is 2.81. The maximum absolute atomic E-state index is 11.2. The summed E-state index contributed by atoms with van der Waals surface area (Å²) in [5.74, 6) is 0.479. The molecule has 1 heterocycles. The molecule has 0 amide bonds. The summed E-state index contributed by atoms with van der Waals surface area (Å²) in [6, 6.07) is 5.16. The first kappa shape index (κ1) is 13.2. The number of rotatable bonds is 5. The highest BCUT2D eigenvalue weighted by molar-refractivity contribution is 5.70. The second kappa shape index (κ2) is 5.57. The van der Waals surface area contributed by atoms with Crippen LogP contribution in [-0.2, 0) is 11.3 Å². The first-order valence-corrected chi connectivity index (χ1v) is 5.76. The Morgan fingerprint density at radius 3 is 2.95 bits per heavy atom. The van der Waals surface area contributed by atoms with Crippen molar-refractivity contribution in [3.8, 4) is 11.4 Å². The summed E-state index contributed by atoms with van der Waals surface area (Å²) < 4.78 is 6.74. The molecular weight excluding hydrogens is 248 g/mol. The number of para-hydroxylation sites is 1. The molecule has 1 aromatic carbocycles. The molecule has 0 atom stereocenters. The predicted octanol–water partition coefficient (Wildman–Crippen LogP) is 1.81. The van der Waals surface area contributed by atoms with Gasteiger partial charge < -0.3 is 9.30 Å². The van der Waals surface area contributed by atoms with Crippen molar-refractivity contribution in [1.82, 2.24) is 14.8 Å². The van der Waals surface area contributed by atoms with Gasteiger partial charge in [0.1, 0.15) is 6.33 Å². The quantitative estimate of drug-likeness (QED) is 0.606. The zero-order valence-corrected chi connectivity index (χ0v) is 10.7. The van der Waals surface area contributed by atoms with Crippen LogP contribution < -0.4 is 0 Å². The molecular formula is C12H14N4O3. The van der Waals surface area contributed by atoms with Gasteiger partial charge in [0.05, 0.1) is 17.1 Å². The number of aryl methyl sites for hydroxylation is 1. The van der Waals surface area contributed by atoms with Crippen LogP contribution in [0.5, 0.6) is 0 Å². The topological polar surface area (TPSA) is 83.1 Å². The molecule has 0 bridgehead atoms. The van der Waals surface area contributed by atoms with E-state index in [9.17, 15) is 10.1 Å². The third kappa shape index (κ3) is 2.60. The maximum atomic E-state index is 11.2. The summed E-state index contributed by atoms with van der Waals surface area (Å²) in [5, 5.41) is 19.0. The Morgan fingerprint density at radius 1 is 1.47 bits per heavy atom. The first-order valence-electron chi connectivity index (χ1n) is 5.76. The molecule has 0 aliphatic heterocycles. The molecule has 100 valence electrons. The van der Waals surface area contributed by atoms with Gasteiger partial charge in [-0.1, -0.05) is 12.1 Å². The van der Waals surface area contributed by atoms with Crippen LogP contribution in [0, 0.1) is 17.0 Å². The van der Waals surface area contributed by atoms with Crippen LogP contribution in [0.15, 0.2) is 24.5 Å². The van der Waals surface area contributed by atoms with Crippen LogP contribution in [0.25, 0.3) is 11.4 Å². The average molecular weight is 262 g/mol. The van der Waals surface area contributed by atoms with Gasteiger partial charge in [0.15, 0.2) is 5.82 Å². The molecule has 7 nitrogen and oxygen atoms in total. The molecule has 0 radical (unpaired) electrons. The normalized spacial score (nSPS) is 10.6. The van der Waals surface area contributed by atoms with Crippen molar-refractivity contribution in [2.75, 3.05) is 13.7 Å². The molecule has 0 fully saturated rings. The minimum atomic E-state index is -0.389. The SMILES string of the molecule is COCCn1cnnc1-c1cccc(C)c1[N+](=O)[O-]. The molecule has 7 heteroatoms. The minimum Gasteiger partial charge on any atom is -0.383 e. The highest BCUT2D eigenvalue weighted by Crippen LogP contribution is 2.31. The van der Waals surface area contributed by atoms with Gasteiger partial charge in [0.2, 0.25) is 0 Å². The van der Waals surface area contributed by atoms with E-state index in [4.69, 9.17) is 4.74 Å². The summed E-state index contributed by atoms with van der Waals surface area (Å²) in [5.41, 5.74) is 1.14. The lowest BCUT2D eigenvalue weighted by Crippen LogP contribution is -2.06. The molecule has 0 aliphatic rings. The Hall–Kier alpha value is -2.28. The van der Waals surface area contributed by atoms with E-state index in [0.29, 0.717) is 30.1 Å². The summed E-state index contributed by atoms with van der Waals surface area (Å²) in [6.45, 7) is 2.74. The Labute approximate surface area is 110 Å². The lowest BCUT2D eigenvalue weighted by atomic mass is 10.1.